The van der Waals surface area contributed by atoms with Gasteiger partial charge in [-0.3, -0.25) is 0 Å². The highest BCUT2D eigenvalue weighted by atomic mass is 79.9. The van der Waals surface area contributed by atoms with Gasteiger partial charge in [-0.1, -0.05) is 13.8 Å². The van der Waals surface area contributed by atoms with Crippen LogP contribution in [0, 0.1) is 0 Å². The Morgan fingerprint density at radius 3 is 2.33 bits per heavy atom. The molecule has 0 bridgehead atoms. The summed E-state index contributed by atoms with van der Waals surface area (Å²) in [6.07, 6.45) is 4.55. The molecule has 0 radical (unpaired) electrons. The fourth-order valence-corrected chi connectivity index (χ4v) is 3.43. The van der Waals surface area contributed by atoms with Crippen molar-refractivity contribution in [1.29, 1.82) is 0 Å². The van der Waals surface area contributed by atoms with Crippen molar-refractivity contribution in [2.45, 2.75) is 51.2 Å². The molecule has 1 saturated carbocycles. The van der Waals surface area contributed by atoms with E-state index in [1.807, 2.05) is 12.1 Å². The van der Waals surface area contributed by atoms with Crippen LogP contribution in [-0.2, 0) is 0 Å². The lowest BCUT2D eigenvalue weighted by Crippen LogP contribution is -2.46. The van der Waals surface area contributed by atoms with Crippen molar-refractivity contribution in [3.63, 3.8) is 0 Å². The molecule has 0 saturated heterocycles. The smallest absolute Gasteiger partial charge is 0.135 e. The minimum atomic E-state index is -0.0154. The van der Waals surface area contributed by atoms with Gasteiger partial charge in [-0.25, -0.2) is 0 Å². The summed E-state index contributed by atoms with van der Waals surface area (Å²) in [5, 5.41) is 3.48. The molecule has 1 fully saturated rings. The van der Waals surface area contributed by atoms with E-state index in [9.17, 15) is 0 Å². The van der Waals surface area contributed by atoms with Gasteiger partial charge in [0.15, 0.2) is 0 Å². The molecule has 1 aromatic carbocycles. The van der Waals surface area contributed by atoms with Gasteiger partial charge in [0.25, 0.3) is 0 Å². The lowest BCUT2D eigenvalue weighted by atomic mass is 9.77. The molecule has 1 aromatic rings. The van der Waals surface area contributed by atoms with E-state index >= 15 is 0 Å². The Balaban J connectivity index is 2.06. The van der Waals surface area contributed by atoms with Gasteiger partial charge in [0.1, 0.15) is 17.1 Å². The maximum absolute atomic E-state index is 6.36. The standard InChI is InChI=1S/C16H23Br2NO2/c1-11(2)19-8-7-16(5-4-6-16)21-15-10-12(17)14(20-3)9-13(15)18/h9-11,19H,4-8H2,1-3H3. The number of methoxy groups -OCH3 is 1. The molecule has 118 valence electrons. The van der Waals surface area contributed by atoms with Gasteiger partial charge in [-0.15, -0.1) is 0 Å². The van der Waals surface area contributed by atoms with Crippen LogP contribution >= 0.6 is 31.9 Å². The summed E-state index contributed by atoms with van der Waals surface area (Å²) >= 11 is 7.10. The molecule has 0 atom stereocenters. The highest BCUT2D eigenvalue weighted by molar-refractivity contribution is 9.11. The number of benzene rings is 1. The Labute approximate surface area is 144 Å². The van der Waals surface area contributed by atoms with Gasteiger partial charge in [0, 0.05) is 6.04 Å². The summed E-state index contributed by atoms with van der Waals surface area (Å²) in [6.45, 7) is 5.34. The summed E-state index contributed by atoms with van der Waals surface area (Å²) in [7, 11) is 1.66. The van der Waals surface area contributed by atoms with Crippen molar-refractivity contribution < 1.29 is 9.47 Å². The second kappa shape index (κ2) is 7.34. The lowest BCUT2D eigenvalue weighted by Gasteiger charge is -2.42. The maximum atomic E-state index is 6.36. The third-order valence-electron chi connectivity index (χ3n) is 3.93. The van der Waals surface area contributed by atoms with Crippen molar-refractivity contribution >= 4 is 31.9 Å². The zero-order chi connectivity index (χ0) is 15.5. The third-order valence-corrected chi connectivity index (χ3v) is 5.17. The van der Waals surface area contributed by atoms with E-state index in [4.69, 9.17) is 9.47 Å². The second-order valence-corrected chi connectivity index (χ2v) is 7.62. The van der Waals surface area contributed by atoms with Crippen molar-refractivity contribution in [3.8, 4) is 11.5 Å². The monoisotopic (exact) mass is 419 g/mol. The van der Waals surface area contributed by atoms with Crippen molar-refractivity contribution in [3.05, 3.63) is 21.1 Å². The van der Waals surface area contributed by atoms with Crippen molar-refractivity contribution in [1.82, 2.24) is 5.32 Å². The van der Waals surface area contributed by atoms with E-state index in [1.54, 1.807) is 7.11 Å². The number of ether oxygens (including phenoxy) is 2. The Morgan fingerprint density at radius 2 is 1.81 bits per heavy atom. The highest BCUT2D eigenvalue weighted by Crippen LogP contribution is 2.43. The van der Waals surface area contributed by atoms with E-state index in [1.165, 1.54) is 6.42 Å². The second-order valence-electron chi connectivity index (χ2n) is 5.91. The number of halogens is 2. The fraction of sp³-hybridized carbons (Fsp3) is 0.625. The van der Waals surface area contributed by atoms with E-state index in [-0.39, 0.29) is 5.60 Å². The van der Waals surface area contributed by atoms with Crippen LogP contribution in [0.25, 0.3) is 0 Å². The molecule has 1 aliphatic rings. The molecule has 0 amide bonds. The molecule has 21 heavy (non-hydrogen) atoms. The molecule has 3 nitrogen and oxygen atoms in total. The third kappa shape index (κ3) is 4.36. The number of hydrogen-bond donors (Lipinski definition) is 1. The molecule has 0 aromatic heterocycles. The summed E-state index contributed by atoms with van der Waals surface area (Å²) in [4.78, 5) is 0. The van der Waals surface area contributed by atoms with Crippen LogP contribution in [0.1, 0.15) is 39.5 Å². The van der Waals surface area contributed by atoms with Crippen LogP contribution in [0.5, 0.6) is 11.5 Å². The Bertz CT molecular complexity index is 487. The first kappa shape index (κ1) is 17.1. The van der Waals surface area contributed by atoms with Crippen LogP contribution in [0.2, 0.25) is 0 Å². The molecule has 2 rings (SSSR count). The molecule has 0 unspecified atom stereocenters. The normalized spacial score (nSPS) is 16.7. The minimum absolute atomic E-state index is 0.0154. The van der Waals surface area contributed by atoms with Gasteiger partial charge in [-0.05, 0) is 76.2 Å². The van der Waals surface area contributed by atoms with Crippen LogP contribution < -0.4 is 14.8 Å². The van der Waals surface area contributed by atoms with E-state index in [0.29, 0.717) is 6.04 Å². The highest BCUT2D eigenvalue weighted by Gasteiger charge is 2.39. The average molecular weight is 421 g/mol. The summed E-state index contributed by atoms with van der Waals surface area (Å²) in [6, 6.07) is 4.45. The first-order valence-electron chi connectivity index (χ1n) is 7.41. The predicted octanol–water partition coefficient (Wildman–Crippen LogP) is 4.91. The first-order valence-corrected chi connectivity index (χ1v) is 9.00. The fourth-order valence-electron chi connectivity index (χ4n) is 2.54. The van der Waals surface area contributed by atoms with Gasteiger partial charge in [0.05, 0.1) is 16.1 Å². The number of hydrogen-bond acceptors (Lipinski definition) is 3. The predicted molar refractivity (Wildman–Crippen MR) is 93.4 cm³/mol. The van der Waals surface area contributed by atoms with Crippen molar-refractivity contribution in [2.75, 3.05) is 13.7 Å². The summed E-state index contributed by atoms with van der Waals surface area (Å²) in [5.41, 5.74) is -0.0154. The maximum Gasteiger partial charge on any atom is 0.135 e. The molecular weight excluding hydrogens is 398 g/mol. The molecule has 0 spiro atoms. The molecule has 1 N–H and O–H groups in total. The minimum Gasteiger partial charge on any atom is -0.496 e. The quantitative estimate of drug-likeness (QED) is 0.679. The van der Waals surface area contributed by atoms with Gasteiger partial charge in [0.2, 0.25) is 0 Å². The Morgan fingerprint density at radius 1 is 1.19 bits per heavy atom. The SMILES string of the molecule is COc1cc(Br)c(OC2(CCNC(C)C)CCC2)cc1Br. The van der Waals surface area contributed by atoms with Gasteiger partial charge < -0.3 is 14.8 Å². The van der Waals surface area contributed by atoms with E-state index < -0.39 is 0 Å². The topological polar surface area (TPSA) is 30.5 Å². The molecule has 5 heteroatoms. The average Bonchev–Trinajstić information content (AvgIpc) is 2.38. The van der Waals surface area contributed by atoms with Crippen LogP contribution in [0.3, 0.4) is 0 Å². The lowest BCUT2D eigenvalue weighted by molar-refractivity contribution is -0.0152. The van der Waals surface area contributed by atoms with E-state index in [0.717, 1.165) is 46.3 Å². The largest absolute Gasteiger partial charge is 0.496 e. The Hall–Kier alpha value is -0.260. The van der Waals surface area contributed by atoms with Gasteiger partial charge in [-0.2, -0.15) is 0 Å². The molecular formula is C16H23Br2NO2. The zero-order valence-corrected chi connectivity index (χ0v) is 16.0. The number of nitrogens with one attached hydrogen (secondary N) is 1. The van der Waals surface area contributed by atoms with Crippen LogP contribution in [0.15, 0.2) is 21.1 Å². The first-order chi connectivity index (χ1) is 9.96. The zero-order valence-electron chi connectivity index (χ0n) is 12.8. The molecule has 0 heterocycles. The summed E-state index contributed by atoms with van der Waals surface area (Å²) < 4.78 is 13.5. The number of rotatable bonds is 7. The molecule has 1 aliphatic carbocycles. The summed E-state index contributed by atoms with van der Waals surface area (Å²) in [5.74, 6) is 1.69. The van der Waals surface area contributed by atoms with Gasteiger partial charge >= 0.3 is 0 Å². The van der Waals surface area contributed by atoms with E-state index in [2.05, 4.69) is 51.0 Å². The van der Waals surface area contributed by atoms with Crippen LogP contribution in [0.4, 0.5) is 0 Å². The molecule has 0 aliphatic heterocycles. The Kier molecular flexibility index (Phi) is 5.97. The van der Waals surface area contributed by atoms with Crippen molar-refractivity contribution in [2.24, 2.45) is 0 Å². The van der Waals surface area contributed by atoms with Crippen LogP contribution in [-0.4, -0.2) is 25.3 Å².